The zero-order valence-electron chi connectivity index (χ0n) is 8.75. The first-order valence-electron chi connectivity index (χ1n) is 4.73. The van der Waals surface area contributed by atoms with Crippen LogP contribution in [0.4, 0.5) is 0 Å². The molecule has 0 radical (unpaired) electrons. The van der Waals surface area contributed by atoms with Crippen molar-refractivity contribution in [2.75, 3.05) is 6.54 Å². The second-order valence-corrected chi connectivity index (χ2v) is 5.96. The second-order valence-electron chi connectivity index (χ2n) is 3.31. The number of benzene rings is 1. The van der Waals surface area contributed by atoms with E-state index in [1.165, 1.54) is 0 Å². The first-order chi connectivity index (χ1) is 6.97. The molecule has 0 unspecified atom stereocenters. The average Bonchev–Trinajstić information content (AvgIpc) is 2.18. The molecular weight excluding hydrogens is 278 g/mol. The monoisotopic (exact) mass is 291 g/mol. The van der Waals surface area contributed by atoms with Crippen molar-refractivity contribution in [1.29, 1.82) is 0 Å². The van der Waals surface area contributed by atoms with Gasteiger partial charge in [0.05, 0.1) is 4.90 Å². The van der Waals surface area contributed by atoms with E-state index in [4.69, 9.17) is 0 Å². The van der Waals surface area contributed by atoms with Gasteiger partial charge in [0.1, 0.15) is 0 Å². The molecule has 1 aromatic carbocycles. The zero-order valence-corrected chi connectivity index (χ0v) is 11.2. The summed E-state index contributed by atoms with van der Waals surface area (Å²) in [6.07, 6.45) is 0.784. The fourth-order valence-corrected chi connectivity index (χ4v) is 3.09. The second kappa shape index (κ2) is 5.09. The molecule has 15 heavy (non-hydrogen) atoms. The SMILES string of the molecule is CCCNS(=O)(=O)c1cc(Br)ccc1C. The van der Waals surface area contributed by atoms with Crippen LogP contribution in [0.3, 0.4) is 0 Å². The Morgan fingerprint density at radius 2 is 2.07 bits per heavy atom. The largest absolute Gasteiger partial charge is 0.240 e. The molecule has 0 aliphatic carbocycles. The lowest BCUT2D eigenvalue weighted by Crippen LogP contribution is -2.25. The molecule has 1 N–H and O–H groups in total. The number of sulfonamides is 1. The summed E-state index contributed by atoms with van der Waals surface area (Å²) in [5.74, 6) is 0. The number of hydrogen-bond donors (Lipinski definition) is 1. The number of halogens is 1. The van der Waals surface area contributed by atoms with Gasteiger partial charge in [-0.05, 0) is 31.0 Å². The lowest BCUT2D eigenvalue weighted by molar-refractivity contribution is 0.580. The molecule has 0 spiro atoms. The molecule has 0 amide bonds. The van der Waals surface area contributed by atoms with Crippen LogP contribution in [0.25, 0.3) is 0 Å². The standard InChI is InChI=1S/C10H14BrNO2S/c1-3-6-12-15(13,14)10-7-9(11)5-4-8(10)2/h4-5,7,12H,3,6H2,1-2H3. The molecule has 1 rings (SSSR count). The van der Waals surface area contributed by atoms with Gasteiger partial charge in [-0.3, -0.25) is 0 Å². The Kier molecular flexibility index (Phi) is 4.31. The van der Waals surface area contributed by atoms with Crippen LogP contribution in [-0.2, 0) is 10.0 Å². The number of hydrogen-bond acceptors (Lipinski definition) is 2. The van der Waals surface area contributed by atoms with Crippen LogP contribution >= 0.6 is 15.9 Å². The summed E-state index contributed by atoms with van der Waals surface area (Å²) in [7, 11) is -3.36. The van der Waals surface area contributed by atoms with Gasteiger partial charge in [0.15, 0.2) is 0 Å². The zero-order chi connectivity index (χ0) is 11.5. The van der Waals surface area contributed by atoms with Gasteiger partial charge in [0, 0.05) is 11.0 Å². The first kappa shape index (κ1) is 12.7. The molecule has 5 heteroatoms. The third kappa shape index (κ3) is 3.29. The molecule has 0 saturated heterocycles. The topological polar surface area (TPSA) is 46.2 Å². The van der Waals surface area contributed by atoms with Gasteiger partial charge in [0.2, 0.25) is 10.0 Å². The van der Waals surface area contributed by atoms with E-state index in [9.17, 15) is 8.42 Å². The van der Waals surface area contributed by atoms with E-state index in [1.807, 2.05) is 13.0 Å². The van der Waals surface area contributed by atoms with Gasteiger partial charge in [-0.2, -0.15) is 0 Å². The van der Waals surface area contributed by atoms with Crippen molar-refractivity contribution in [3.8, 4) is 0 Å². The fraction of sp³-hybridized carbons (Fsp3) is 0.400. The lowest BCUT2D eigenvalue weighted by Gasteiger charge is -2.08. The van der Waals surface area contributed by atoms with Crippen molar-refractivity contribution < 1.29 is 8.42 Å². The summed E-state index contributed by atoms with van der Waals surface area (Å²) in [5, 5.41) is 0. The molecule has 0 bridgehead atoms. The molecule has 0 heterocycles. The van der Waals surface area contributed by atoms with Gasteiger partial charge in [0.25, 0.3) is 0 Å². The third-order valence-electron chi connectivity index (χ3n) is 1.98. The van der Waals surface area contributed by atoms with E-state index in [1.54, 1.807) is 19.1 Å². The van der Waals surface area contributed by atoms with Gasteiger partial charge in [-0.15, -0.1) is 0 Å². The molecule has 1 aromatic rings. The predicted molar refractivity (Wildman–Crippen MR) is 64.4 cm³/mol. The van der Waals surface area contributed by atoms with Crippen LogP contribution in [0.5, 0.6) is 0 Å². The van der Waals surface area contributed by atoms with E-state index in [2.05, 4.69) is 20.7 Å². The number of aryl methyl sites for hydroxylation is 1. The Morgan fingerprint density at radius 1 is 1.40 bits per heavy atom. The first-order valence-corrected chi connectivity index (χ1v) is 7.01. The smallest absolute Gasteiger partial charge is 0.211 e. The summed E-state index contributed by atoms with van der Waals surface area (Å²) in [5.41, 5.74) is 0.752. The van der Waals surface area contributed by atoms with Gasteiger partial charge >= 0.3 is 0 Å². The number of rotatable bonds is 4. The minimum absolute atomic E-state index is 0.338. The lowest BCUT2D eigenvalue weighted by atomic mass is 10.2. The normalized spacial score (nSPS) is 11.7. The van der Waals surface area contributed by atoms with Crippen molar-refractivity contribution in [2.45, 2.75) is 25.2 Å². The molecule has 0 atom stereocenters. The predicted octanol–water partition coefficient (Wildman–Crippen LogP) is 2.45. The van der Waals surface area contributed by atoms with E-state index in [-0.39, 0.29) is 0 Å². The van der Waals surface area contributed by atoms with Crippen LogP contribution in [0.1, 0.15) is 18.9 Å². The minimum Gasteiger partial charge on any atom is -0.211 e. The third-order valence-corrected chi connectivity index (χ3v) is 4.08. The highest BCUT2D eigenvalue weighted by molar-refractivity contribution is 9.10. The van der Waals surface area contributed by atoms with Gasteiger partial charge in [-0.25, -0.2) is 13.1 Å². The van der Waals surface area contributed by atoms with Crippen LogP contribution in [0, 0.1) is 6.92 Å². The Hall–Kier alpha value is -0.390. The molecule has 0 saturated carbocycles. The van der Waals surface area contributed by atoms with Crippen LogP contribution < -0.4 is 4.72 Å². The van der Waals surface area contributed by atoms with E-state index in [0.29, 0.717) is 11.4 Å². The van der Waals surface area contributed by atoms with Crippen molar-refractivity contribution in [2.24, 2.45) is 0 Å². The summed E-state index contributed by atoms with van der Waals surface area (Å²) in [6.45, 7) is 4.18. The highest BCUT2D eigenvalue weighted by atomic mass is 79.9. The highest BCUT2D eigenvalue weighted by Crippen LogP contribution is 2.20. The molecule has 0 aliphatic heterocycles. The summed E-state index contributed by atoms with van der Waals surface area (Å²) < 4.78 is 27.0. The van der Waals surface area contributed by atoms with Crippen molar-refractivity contribution in [3.05, 3.63) is 28.2 Å². The van der Waals surface area contributed by atoms with Crippen molar-refractivity contribution in [3.63, 3.8) is 0 Å². The summed E-state index contributed by atoms with van der Waals surface area (Å²) >= 11 is 3.26. The van der Waals surface area contributed by atoms with Crippen LogP contribution in [0.15, 0.2) is 27.6 Å². The average molecular weight is 292 g/mol. The molecular formula is C10H14BrNO2S. The van der Waals surface area contributed by atoms with Crippen LogP contribution in [0.2, 0.25) is 0 Å². The minimum atomic E-state index is -3.36. The van der Waals surface area contributed by atoms with Crippen molar-refractivity contribution >= 4 is 26.0 Å². The van der Waals surface area contributed by atoms with E-state index < -0.39 is 10.0 Å². The van der Waals surface area contributed by atoms with Gasteiger partial charge < -0.3 is 0 Å². The Labute approximate surface area is 99.1 Å². The Bertz CT molecular complexity index is 443. The maximum atomic E-state index is 11.8. The van der Waals surface area contributed by atoms with E-state index in [0.717, 1.165) is 16.5 Å². The Morgan fingerprint density at radius 3 is 2.67 bits per heavy atom. The molecule has 0 aromatic heterocycles. The molecule has 0 aliphatic rings. The van der Waals surface area contributed by atoms with Crippen molar-refractivity contribution in [1.82, 2.24) is 4.72 Å². The maximum absolute atomic E-state index is 11.8. The highest BCUT2D eigenvalue weighted by Gasteiger charge is 2.15. The van der Waals surface area contributed by atoms with Gasteiger partial charge in [-0.1, -0.05) is 28.9 Å². The molecule has 0 fully saturated rings. The van der Waals surface area contributed by atoms with E-state index >= 15 is 0 Å². The van der Waals surface area contributed by atoms with Crippen LogP contribution in [-0.4, -0.2) is 15.0 Å². The summed E-state index contributed by atoms with van der Waals surface area (Å²) in [4.78, 5) is 0.338. The molecule has 84 valence electrons. The number of nitrogens with one attached hydrogen (secondary N) is 1. The Balaban J connectivity index is 3.09. The maximum Gasteiger partial charge on any atom is 0.240 e. The summed E-state index contributed by atoms with van der Waals surface area (Å²) in [6, 6.07) is 5.23. The fourth-order valence-electron chi connectivity index (χ4n) is 1.18. The molecule has 3 nitrogen and oxygen atoms in total. The quantitative estimate of drug-likeness (QED) is 0.926.